The average molecular weight is 204 g/mol. The zero-order valence-corrected chi connectivity index (χ0v) is 8.51. The Hall–Kier alpha value is 0.474. The van der Waals surface area contributed by atoms with Gasteiger partial charge in [0.05, 0.1) is 0 Å². The van der Waals surface area contributed by atoms with E-state index in [9.17, 15) is 0 Å². The SMILES string of the molecule is CO[O][Ti]([O]C)([O]C)[O]OC. The monoisotopic (exact) mass is 204 g/mol. The van der Waals surface area contributed by atoms with Crippen molar-refractivity contribution in [1.29, 1.82) is 0 Å². The summed E-state index contributed by atoms with van der Waals surface area (Å²) in [6.07, 6.45) is 0. The molecule has 68 valence electrons. The van der Waals surface area contributed by atoms with Gasteiger partial charge in [-0.05, 0) is 0 Å². The van der Waals surface area contributed by atoms with Crippen molar-refractivity contribution in [3.63, 3.8) is 0 Å². The fraction of sp³-hybridized carbons (Fsp3) is 1.00. The van der Waals surface area contributed by atoms with Crippen molar-refractivity contribution >= 4 is 0 Å². The molecule has 0 saturated carbocycles. The van der Waals surface area contributed by atoms with Crippen LogP contribution in [0.15, 0.2) is 0 Å². The summed E-state index contributed by atoms with van der Waals surface area (Å²) in [5, 5.41) is 0. The predicted octanol–water partition coefficient (Wildman–Crippen LogP) is 0.249. The minimum atomic E-state index is -3.69. The third kappa shape index (κ3) is 3.59. The molecule has 0 aromatic heterocycles. The molecule has 0 radical (unpaired) electrons. The Balaban J connectivity index is 3.96. The van der Waals surface area contributed by atoms with E-state index >= 15 is 0 Å². The van der Waals surface area contributed by atoms with Gasteiger partial charge >= 0.3 is 69.9 Å². The van der Waals surface area contributed by atoms with E-state index in [4.69, 9.17) is 6.64 Å². The van der Waals surface area contributed by atoms with Gasteiger partial charge in [-0.15, -0.1) is 0 Å². The number of hydrogen-bond donors (Lipinski definition) is 0. The van der Waals surface area contributed by atoms with Gasteiger partial charge in [0.15, 0.2) is 0 Å². The van der Waals surface area contributed by atoms with Gasteiger partial charge in [0.25, 0.3) is 0 Å². The molecule has 0 spiro atoms. The molecule has 0 bridgehead atoms. The Bertz CT molecular complexity index is 86.6. The molecule has 0 N–H and O–H groups in total. The van der Waals surface area contributed by atoms with Crippen molar-refractivity contribution in [1.82, 2.24) is 0 Å². The first-order valence-corrected chi connectivity index (χ1v) is 5.33. The second-order valence-electron chi connectivity index (χ2n) is 1.41. The maximum atomic E-state index is 4.84. The number of rotatable bonds is 6. The molecule has 0 aliphatic heterocycles. The van der Waals surface area contributed by atoms with Crippen LogP contribution in [0.25, 0.3) is 0 Å². The van der Waals surface area contributed by atoms with E-state index < -0.39 is 18.1 Å². The van der Waals surface area contributed by atoms with Gasteiger partial charge in [0.2, 0.25) is 0 Å². The van der Waals surface area contributed by atoms with Crippen molar-refractivity contribution in [3.05, 3.63) is 0 Å². The molecule has 7 heteroatoms. The van der Waals surface area contributed by atoms with Crippen LogP contribution in [-0.2, 0) is 41.5 Å². The molecule has 0 aliphatic rings. The van der Waals surface area contributed by atoms with E-state index in [1.54, 1.807) is 0 Å². The van der Waals surface area contributed by atoms with Crippen LogP contribution in [-0.4, -0.2) is 28.4 Å². The molecule has 0 aromatic rings. The molecule has 0 aromatic carbocycles. The van der Waals surface area contributed by atoms with Crippen LogP contribution in [0.5, 0.6) is 0 Å². The fourth-order valence-corrected chi connectivity index (χ4v) is 1.80. The molecular formula is C4H12O6Ti. The normalized spacial score (nSPS) is 12.0. The quantitative estimate of drug-likeness (QED) is 0.351. The van der Waals surface area contributed by atoms with Gasteiger partial charge in [0.1, 0.15) is 0 Å². The minimum absolute atomic E-state index is 1.33. The third-order valence-electron chi connectivity index (χ3n) is 0.871. The van der Waals surface area contributed by atoms with Crippen molar-refractivity contribution in [2.45, 2.75) is 0 Å². The van der Waals surface area contributed by atoms with E-state index in [0.29, 0.717) is 0 Å². The van der Waals surface area contributed by atoms with E-state index in [1.807, 2.05) is 0 Å². The zero-order chi connectivity index (χ0) is 8.74. The van der Waals surface area contributed by atoms with Crippen LogP contribution in [0, 0.1) is 0 Å². The molecule has 0 unspecified atom stereocenters. The standard InChI is InChI=1S/2CH4O2.2CH3O.Ti/c2*1-3-2;2*1-2;/h2*2H,1H3;2*1H3;/q;;2*-1;+4/p-2. The van der Waals surface area contributed by atoms with Crippen LogP contribution in [0.4, 0.5) is 0 Å². The van der Waals surface area contributed by atoms with Gasteiger partial charge in [-0.2, -0.15) is 0 Å². The Morgan fingerprint density at radius 2 is 1.09 bits per heavy atom. The van der Waals surface area contributed by atoms with Crippen LogP contribution >= 0.6 is 0 Å². The van der Waals surface area contributed by atoms with Gasteiger partial charge in [-0.3, -0.25) is 0 Å². The van der Waals surface area contributed by atoms with Crippen molar-refractivity contribution in [3.8, 4) is 0 Å². The summed E-state index contributed by atoms with van der Waals surface area (Å²) in [6.45, 7) is 0. The van der Waals surface area contributed by atoms with Crippen molar-refractivity contribution in [2.75, 3.05) is 28.4 Å². The molecule has 0 amide bonds. The molecule has 11 heavy (non-hydrogen) atoms. The summed E-state index contributed by atoms with van der Waals surface area (Å²) in [5.74, 6) is 0. The van der Waals surface area contributed by atoms with E-state index in [2.05, 4.69) is 16.7 Å². The first-order chi connectivity index (χ1) is 5.24. The fourth-order valence-electron chi connectivity index (χ4n) is 0.437. The molecule has 0 aliphatic carbocycles. The topological polar surface area (TPSA) is 55.4 Å². The van der Waals surface area contributed by atoms with Crippen molar-refractivity contribution in [2.24, 2.45) is 0 Å². The summed E-state index contributed by atoms with van der Waals surface area (Å²) in [6, 6.07) is 0. The molecule has 0 rings (SSSR count). The average Bonchev–Trinajstić information content (AvgIpc) is 2.04. The first-order valence-electron chi connectivity index (χ1n) is 2.78. The Morgan fingerprint density at radius 1 is 0.727 bits per heavy atom. The van der Waals surface area contributed by atoms with E-state index in [0.717, 1.165) is 0 Å². The second kappa shape index (κ2) is 6.04. The summed E-state index contributed by atoms with van der Waals surface area (Å²) in [4.78, 5) is 8.74. The van der Waals surface area contributed by atoms with Crippen LogP contribution < -0.4 is 0 Å². The number of hydrogen-bond acceptors (Lipinski definition) is 6. The Morgan fingerprint density at radius 3 is 1.27 bits per heavy atom. The Labute approximate surface area is 70.4 Å². The van der Waals surface area contributed by atoms with Gasteiger partial charge in [-0.1, -0.05) is 0 Å². The van der Waals surface area contributed by atoms with E-state index in [1.165, 1.54) is 28.4 Å². The van der Waals surface area contributed by atoms with Crippen molar-refractivity contribution < 1.29 is 41.5 Å². The summed E-state index contributed by atoms with van der Waals surface area (Å²) in [5.41, 5.74) is 0. The molecule has 0 heterocycles. The predicted molar refractivity (Wildman–Crippen MR) is 30.2 cm³/mol. The zero-order valence-electron chi connectivity index (χ0n) is 6.95. The second-order valence-corrected chi connectivity index (χ2v) is 4.77. The third-order valence-corrected chi connectivity index (χ3v) is 3.59. The van der Waals surface area contributed by atoms with Crippen LogP contribution in [0.1, 0.15) is 0 Å². The maximum absolute atomic E-state index is 4.84. The molecule has 0 saturated heterocycles. The van der Waals surface area contributed by atoms with Gasteiger partial charge in [-0.25, -0.2) is 0 Å². The summed E-state index contributed by atoms with van der Waals surface area (Å²) < 4.78 is 19.0. The molecular weight excluding hydrogens is 192 g/mol. The van der Waals surface area contributed by atoms with Gasteiger partial charge in [0, 0.05) is 0 Å². The van der Waals surface area contributed by atoms with Crippen LogP contribution in [0.2, 0.25) is 0 Å². The summed E-state index contributed by atoms with van der Waals surface area (Å²) in [7, 11) is 5.44. The first kappa shape index (κ1) is 11.5. The summed E-state index contributed by atoms with van der Waals surface area (Å²) >= 11 is -3.69. The Kier molecular flexibility index (Phi) is 6.30. The van der Waals surface area contributed by atoms with Crippen LogP contribution in [0.3, 0.4) is 0 Å². The van der Waals surface area contributed by atoms with Gasteiger partial charge < -0.3 is 0 Å². The van der Waals surface area contributed by atoms with E-state index in [-0.39, 0.29) is 0 Å². The molecule has 0 atom stereocenters. The molecule has 0 fully saturated rings. The molecule has 6 nitrogen and oxygen atoms in total.